The number of esters is 1. The third-order valence-corrected chi connectivity index (χ3v) is 3.48. The first kappa shape index (κ1) is 15.4. The molecule has 106 valence electrons. The minimum atomic E-state index is -0.464. The first-order valence-corrected chi connectivity index (χ1v) is 7.21. The van der Waals surface area contributed by atoms with Crippen molar-refractivity contribution in [2.75, 3.05) is 26.2 Å². The number of carbonyl (C=O) groups is 1. The molecule has 1 aliphatic rings. The normalized spacial score (nSPS) is 20.1. The zero-order chi connectivity index (χ0) is 13.6. The predicted octanol–water partition coefficient (Wildman–Crippen LogP) is 1.79. The molecule has 0 bridgehead atoms. The number of rotatable bonds is 6. The van der Waals surface area contributed by atoms with Gasteiger partial charge in [0, 0.05) is 19.1 Å². The minimum absolute atomic E-state index is 0.0742. The smallest absolute Gasteiger partial charge is 0.326 e. The molecule has 0 aromatic rings. The Morgan fingerprint density at radius 2 is 1.94 bits per heavy atom. The van der Waals surface area contributed by atoms with Gasteiger partial charge >= 0.3 is 5.97 Å². The summed E-state index contributed by atoms with van der Waals surface area (Å²) in [6.07, 6.45) is 2.87. The summed E-state index contributed by atoms with van der Waals surface area (Å²) >= 11 is 0. The highest BCUT2D eigenvalue weighted by Crippen LogP contribution is 2.25. The highest BCUT2D eigenvalue weighted by Gasteiger charge is 2.42. The lowest BCUT2D eigenvalue weighted by atomic mass is 9.86. The molecule has 4 heteroatoms. The lowest BCUT2D eigenvalue weighted by Gasteiger charge is -2.41. The molecule has 0 spiro atoms. The second kappa shape index (κ2) is 7.10. The quantitative estimate of drug-likeness (QED) is 0.736. The zero-order valence-corrected chi connectivity index (χ0v) is 12.3. The standard InChI is InChI=1S/C14H28N2O2/c1-5-9-16-10-7-14(8-11-16,15-12(3)4)13(17)18-6-2/h12,15H,5-11H2,1-4H3. The maximum Gasteiger partial charge on any atom is 0.326 e. The summed E-state index contributed by atoms with van der Waals surface area (Å²) < 4.78 is 5.26. The third kappa shape index (κ3) is 3.95. The molecule has 0 amide bonds. The fourth-order valence-electron chi connectivity index (χ4n) is 2.70. The Hall–Kier alpha value is -0.610. The van der Waals surface area contributed by atoms with E-state index in [1.54, 1.807) is 0 Å². The topological polar surface area (TPSA) is 41.6 Å². The molecule has 0 aromatic heterocycles. The molecule has 0 unspecified atom stereocenters. The van der Waals surface area contributed by atoms with Crippen molar-refractivity contribution in [2.45, 2.75) is 58.5 Å². The molecule has 1 fully saturated rings. The van der Waals surface area contributed by atoms with Gasteiger partial charge in [0.15, 0.2) is 0 Å². The van der Waals surface area contributed by atoms with Crippen molar-refractivity contribution in [3.63, 3.8) is 0 Å². The molecular weight excluding hydrogens is 228 g/mol. The molecule has 0 atom stereocenters. The number of likely N-dealkylation sites (tertiary alicyclic amines) is 1. The molecular formula is C14H28N2O2. The van der Waals surface area contributed by atoms with Crippen LogP contribution in [0.5, 0.6) is 0 Å². The van der Waals surface area contributed by atoms with Crippen LogP contribution in [0.25, 0.3) is 0 Å². The molecule has 0 aliphatic carbocycles. The molecule has 1 N–H and O–H groups in total. The Morgan fingerprint density at radius 3 is 2.39 bits per heavy atom. The number of ether oxygens (including phenoxy) is 1. The molecule has 0 radical (unpaired) electrons. The van der Waals surface area contributed by atoms with Gasteiger partial charge in [-0.3, -0.25) is 10.1 Å². The fourth-order valence-corrected chi connectivity index (χ4v) is 2.70. The molecule has 1 heterocycles. The van der Waals surface area contributed by atoms with Crippen LogP contribution in [0, 0.1) is 0 Å². The van der Waals surface area contributed by atoms with Gasteiger partial charge in [0.25, 0.3) is 0 Å². The summed E-state index contributed by atoms with van der Waals surface area (Å²) in [6.45, 7) is 11.8. The molecule has 1 saturated heterocycles. The van der Waals surface area contributed by atoms with E-state index in [2.05, 4.69) is 31.0 Å². The van der Waals surface area contributed by atoms with Crippen LogP contribution in [0.3, 0.4) is 0 Å². The summed E-state index contributed by atoms with van der Waals surface area (Å²) in [6, 6.07) is 0.298. The molecule has 1 aliphatic heterocycles. The van der Waals surface area contributed by atoms with E-state index in [1.807, 2.05) is 6.92 Å². The Balaban J connectivity index is 2.66. The van der Waals surface area contributed by atoms with Crippen LogP contribution < -0.4 is 5.32 Å². The average molecular weight is 256 g/mol. The van der Waals surface area contributed by atoms with Crippen LogP contribution in [-0.4, -0.2) is 48.7 Å². The summed E-state index contributed by atoms with van der Waals surface area (Å²) in [5.74, 6) is -0.0742. The summed E-state index contributed by atoms with van der Waals surface area (Å²) in [5, 5.41) is 3.44. The third-order valence-electron chi connectivity index (χ3n) is 3.48. The average Bonchev–Trinajstić information content (AvgIpc) is 2.32. The first-order valence-electron chi connectivity index (χ1n) is 7.21. The summed E-state index contributed by atoms with van der Waals surface area (Å²) in [7, 11) is 0. The van der Waals surface area contributed by atoms with Gasteiger partial charge in [-0.25, -0.2) is 0 Å². The lowest BCUT2D eigenvalue weighted by Crippen LogP contribution is -2.60. The van der Waals surface area contributed by atoms with Crippen molar-refractivity contribution in [2.24, 2.45) is 0 Å². The molecule has 1 rings (SSSR count). The molecule has 18 heavy (non-hydrogen) atoms. The van der Waals surface area contributed by atoms with Crippen LogP contribution in [0.15, 0.2) is 0 Å². The van der Waals surface area contributed by atoms with Gasteiger partial charge in [0.1, 0.15) is 5.54 Å². The van der Waals surface area contributed by atoms with Crippen LogP contribution in [0.4, 0.5) is 0 Å². The molecule has 4 nitrogen and oxygen atoms in total. The number of nitrogens with zero attached hydrogens (tertiary/aromatic N) is 1. The van der Waals surface area contributed by atoms with Crippen LogP contribution >= 0.6 is 0 Å². The summed E-state index contributed by atoms with van der Waals surface area (Å²) in [5.41, 5.74) is -0.464. The van der Waals surface area contributed by atoms with E-state index in [0.717, 1.165) is 32.5 Å². The van der Waals surface area contributed by atoms with Gasteiger partial charge in [0.05, 0.1) is 6.61 Å². The van der Waals surface area contributed by atoms with Crippen molar-refractivity contribution in [3.05, 3.63) is 0 Å². The highest BCUT2D eigenvalue weighted by molar-refractivity contribution is 5.81. The second-order valence-electron chi connectivity index (χ2n) is 5.44. The van der Waals surface area contributed by atoms with Gasteiger partial charge in [-0.05, 0) is 46.6 Å². The van der Waals surface area contributed by atoms with Crippen LogP contribution in [-0.2, 0) is 9.53 Å². The number of nitrogens with one attached hydrogen (secondary N) is 1. The monoisotopic (exact) mass is 256 g/mol. The van der Waals surface area contributed by atoms with Crippen molar-refractivity contribution >= 4 is 5.97 Å². The number of hydrogen-bond acceptors (Lipinski definition) is 4. The number of hydrogen-bond donors (Lipinski definition) is 1. The highest BCUT2D eigenvalue weighted by atomic mass is 16.5. The Kier molecular flexibility index (Phi) is 6.09. The van der Waals surface area contributed by atoms with Gasteiger partial charge in [-0.2, -0.15) is 0 Å². The fraction of sp³-hybridized carbons (Fsp3) is 0.929. The van der Waals surface area contributed by atoms with E-state index in [-0.39, 0.29) is 5.97 Å². The summed E-state index contributed by atoms with van der Waals surface area (Å²) in [4.78, 5) is 14.6. The SMILES string of the molecule is CCCN1CCC(NC(C)C)(C(=O)OCC)CC1. The van der Waals surface area contributed by atoms with Gasteiger partial charge in [-0.15, -0.1) is 0 Å². The van der Waals surface area contributed by atoms with E-state index in [0.29, 0.717) is 12.6 Å². The van der Waals surface area contributed by atoms with Gasteiger partial charge < -0.3 is 9.64 Å². The Bertz CT molecular complexity index is 259. The van der Waals surface area contributed by atoms with Crippen LogP contribution in [0.1, 0.15) is 47.0 Å². The van der Waals surface area contributed by atoms with Crippen molar-refractivity contribution in [3.8, 4) is 0 Å². The van der Waals surface area contributed by atoms with E-state index in [9.17, 15) is 4.79 Å². The lowest BCUT2D eigenvalue weighted by molar-refractivity contribution is -0.154. The van der Waals surface area contributed by atoms with Crippen molar-refractivity contribution in [1.82, 2.24) is 10.2 Å². The van der Waals surface area contributed by atoms with Gasteiger partial charge in [0.2, 0.25) is 0 Å². The Morgan fingerprint density at radius 1 is 1.33 bits per heavy atom. The zero-order valence-electron chi connectivity index (χ0n) is 12.3. The van der Waals surface area contributed by atoms with E-state index in [4.69, 9.17) is 4.74 Å². The van der Waals surface area contributed by atoms with Crippen molar-refractivity contribution < 1.29 is 9.53 Å². The van der Waals surface area contributed by atoms with Gasteiger partial charge in [-0.1, -0.05) is 6.92 Å². The Labute approximate surface area is 111 Å². The molecule has 0 aromatic carbocycles. The van der Waals surface area contributed by atoms with Crippen molar-refractivity contribution in [1.29, 1.82) is 0 Å². The maximum absolute atomic E-state index is 12.2. The first-order chi connectivity index (χ1) is 8.54. The number of piperidine rings is 1. The van der Waals surface area contributed by atoms with E-state index in [1.165, 1.54) is 6.42 Å². The second-order valence-corrected chi connectivity index (χ2v) is 5.44. The maximum atomic E-state index is 12.2. The molecule has 0 saturated carbocycles. The number of carbonyl (C=O) groups excluding carboxylic acids is 1. The predicted molar refractivity (Wildman–Crippen MR) is 73.6 cm³/mol. The minimum Gasteiger partial charge on any atom is -0.465 e. The van der Waals surface area contributed by atoms with E-state index < -0.39 is 5.54 Å². The largest absolute Gasteiger partial charge is 0.465 e. The van der Waals surface area contributed by atoms with E-state index >= 15 is 0 Å². The van der Waals surface area contributed by atoms with Crippen LogP contribution in [0.2, 0.25) is 0 Å².